The van der Waals surface area contributed by atoms with Crippen molar-refractivity contribution < 1.29 is 14.2 Å². The summed E-state index contributed by atoms with van der Waals surface area (Å²) in [5.74, 6) is -0.118. The Labute approximate surface area is 180 Å². The van der Waals surface area contributed by atoms with E-state index in [4.69, 9.17) is 4.74 Å². The van der Waals surface area contributed by atoms with Crippen LogP contribution >= 0.6 is 12.4 Å². The number of nitrogens with one attached hydrogen (secondary N) is 1. The highest BCUT2D eigenvalue weighted by atomic mass is 35.5. The average Bonchev–Trinajstić information content (AvgIpc) is 2.70. The zero-order valence-electron chi connectivity index (χ0n) is 15.8. The molecule has 0 saturated heterocycles. The molecule has 0 bridgehead atoms. The van der Waals surface area contributed by atoms with Crippen LogP contribution in [0.5, 0.6) is 11.5 Å². The summed E-state index contributed by atoms with van der Waals surface area (Å²) in [4.78, 5) is 21.4. The van der Waals surface area contributed by atoms with Crippen LogP contribution in [0.1, 0.15) is 33.1 Å². The number of hydrogen-bond donors (Lipinski definition) is 2. The van der Waals surface area contributed by atoms with Gasteiger partial charge in [0.15, 0.2) is 17.3 Å². The van der Waals surface area contributed by atoms with Crippen LogP contribution in [0.3, 0.4) is 0 Å². The molecule has 2 aromatic heterocycles. The van der Waals surface area contributed by atoms with Crippen molar-refractivity contribution in [1.82, 2.24) is 14.5 Å². The van der Waals surface area contributed by atoms with E-state index >= 15 is 0 Å². The van der Waals surface area contributed by atoms with Crippen molar-refractivity contribution >= 4 is 29.4 Å². The molecule has 1 saturated carbocycles. The molecule has 0 aliphatic heterocycles. The van der Waals surface area contributed by atoms with E-state index < -0.39 is 11.4 Å². The molecule has 2 heterocycles. The average molecular weight is 437 g/mol. The van der Waals surface area contributed by atoms with Gasteiger partial charge < -0.3 is 15.2 Å². The Morgan fingerprint density at radius 3 is 2.60 bits per heavy atom. The second-order valence-electron chi connectivity index (χ2n) is 7.03. The molecule has 3 aromatic rings. The smallest absolute Gasteiger partial charge is 0.294 e. The highest BCUT2D eigenvalue weighted by Crippen LogP contribution is 2.25. The van der Waals surface area contributed by atoms with Gasteiger partial charge in [0.05, 0.1) is 6.10 Å². The fourth-order valence-electron chi connectivity index (χ4n) is 3.41. The first kappa shape index (κ1) is 23.6. The maximum absolute atomic E-state index is 13.8. The first-order valence-corrected chi connectivity index (χ1v) is 9.25. The summed E-state index contributed by atoms with van der Waals surface area (Å²) in [6, 6.07) is 7.63. The molecule has 162 valence electrons. The fourth-order valence-corrected chi connectivity index (χ4v) is 3.41. The summed E-state index contributed by atoms with van der Waals surface area (Å²) >= 11 is 0. The summed E-state index contributed by atoms with van der Waals surface area (Å²) in [7, 11) is 1.59. The van der Waals surface area contributed by atoms with E-state index in [1.165, 1.54) is 22.8 Å². The summed E-state index contributed by atoms with van der Waals surface area (Å²) in [6.07, 6.45) is 4.56. The molecule has 1 aliphatic rings. The number of rotatable bonds is 4. The number of para-hydroxylation sites is 1. The first-order valence-electron chi connectivity index (χ1n) is 9.25. The number of pyridine rings is 1. The molecule has 7 nitrogen and oxygen atoms in total. The molecule has 0 amide bonds. The lowest BCUT2D eigenvalue weighted by Gasteiger charge is -2.26. The second kappa shape index (κ2) is 9.86. The quantitative estimate of drug-likeness (QED) is 0.641. The van der Waals surface area contributed by atoms with Crippen LogP contribution in [-0.2, 0) is 7.05 Å². The SMILES string of the molecule is C.Cl.Cn1c(=O)c(Oc2ccccc2F)cc2cnc(NC3CCC(O)CC3)nc21. The van der Waals surface area contributed by atoms with Gasteiger partial charge in [0.1, 0.15) is 5.65 Å². The maximum Gasteiger partial charge on any atom is 0.294 e. The van der Waals surface area contributed by atoms with E-state index in [9.17, 15) is 14.3 Å². The summed E-state index contributed by atoms with van der Waals surface area (Å²) < 4.78 is 20.7. The standard InChI is InChI=1S/C20H21FN4O3.CH4.ClH/c1-25-18-12(10-17(19(25)27)28-16-5-3-2-4-15(16)21)11-22-20(24-18)23-13-6-8-14(26)9-7-13;;/h2-5,10-11,13-14,26H,6-9H2,1H3,(H,22,23,24);1H4;1H. The van der Waals surface area contributed by atoms with Crippen molar-refractivity contribution in [3.8, 4) is 11.5 Å². The number of benzene rings is 1. The lowest BCUT2D eigenvalue weighted by Crippen LogP contribution is -2.29. The number of ether oxygens (including phenoxy) is 1. The summed E-state index contributed by atoms with van der Waals surface area (Å²) in [6.45, 7) is 0. The van der Waals surface area contributed by atoms with Crippen molar-refractivity contribution in [1.29, 1.82) is 0 Å². The highest BCUT2D eigenvalue weighted by Gasteiger charge is 2.20. The second-order valence-corrected chi connectivity index (χ2v) is 7.03. The Bertz CT molecular complexity index is 1070. The zero-order valence-corrected chi connectivity index (χ0v) is 16.7. The molecular formula is C21H26ClFN4O3. The Morgan fingerprint density at radius 1 is 1.20 bits per heavy atom. The van der Waals surface area contributed by atoms with Crippen LogP contribution in [0, 0.1) is 5.82 Å². The molecule has 1 fully saturated rings. The molecule has 4 rings (SSSR count). The van der Waals surface area contributed by atoms with Crippen LogP contribution in [0.25, 0.3) is 11.0 Å². The summed E-state index contributed by atoms with van der Waals surface area (Å²) in [5.41, 5.74) is 0.0421. The Morgan fingerprint density at radius 2 is 1.90 bits per heavy atom. The third-order valence-electron chi connectivity index (χ3n) is 5.00. The molecule has 0 radical (unpaired) electrons. The van der Waals surface area contributed by atoms with Gasteiger partial charge in [0, 0.05) is 24.7 Å². The number of anilines is 1. The molecule has 0 spiro atoms. The highest BCUT2D eigenvalue weighted by molar-refractivity contribution is 5.85. The van der Waals surface area contributed by atoms with Crippen LogP contribution in [0.2, 0.25) is 0 Å². The van der Waals surface area contributed by atoms with Crippen molar-refractivity contribution in [3.05, 3.63) is 52.7 Å². The van der Waals surface area contributed by atoms with E-state index in [2.05, 4.69) is 15.3 Å². The minimum Gasteiger partial charge on any atom is -0.448 e. The van der Waals surface area contributed by atoms with E-state index in [1.807, 2.05) is 0 Å². The van der Waals surface area contributed by atoms with Crippen molar-refractivity contribution in [2.75, 3.05) is 5.32 Å². The lowest BCUT2D eigenvalue weighted by atomic mass is 9.93. The van der Waals surface area contributed by atoms with Crippen LogP contribution in [0.4, 0.5) is 10.3 Å². The van der Waals surface area contributed by atoms with Crippen LogP contribution in [-0.4, -0.2) is 31.8 Å². The largest absolute Gasteiger partial charge is 0.448 e. The van der Waals surface area contributed by atoms with Crippen LogP contribution in [0.15, 0.2) is 41.3 Å². The maximum atomic E-state index is 13.8. The molecule has 1 aromatic carbocycles. The van der Waals surface area contributed by atoms with Crippen molar-refractivity contribution in [3.63, 3.8) is 0 Å². The Balaban J connectivity index is 0.00000160. The van der Waals surface area contributed by atoms with Crippen molar-refractivity contribution in [2.45, 2.75) is 45.3 Å². The minimum atomic E-state index is -0.543. The number of aryl methyl sites for hydroxylation is 1. The van der Waals surface area contributed by atoms with E-state index in [0.29, 0.717) is 17.0 Å². The zero-order chi connectivity index (χ0) is 19.7. The molecule has 0 atom stereocenters. The van der Waals surface area contributed by atoms with Gasteiger partial charge in [-0.2, -0.15) is 4.98 Å². The molecule has 2 N–H and O–H groups in total. The van der Waals surface area contributed by atoms with Gasteiger partial charge in [-0.1, -0.05) is 19.6 Å². The van der Waals surface area contributed by atoms with Gasteiger partial charge in [-0.25, -0.2) is 9.37 Å². The molecular weight excluding hydrogens is 411 g/mol. The third-order valence-corrected chi connectivity index (χ3v) is 5.00. The molecule has 9 heteroatoms. The Kier molecular flexibility index (Phi) is 7.75. The van der Waals surface area contributed by atoms with Gasteiger partial charge in [0.25, 0.3) is 5.56 Å². The van der Waals surface area contributed by atoms with Gasteiger partial charge in [0.2, 0.25) is 5.95 Å². The predicted octanol–water partition coefficient (Wildman–Crippen LogP) is 4.03. The Hall–Kier alpha value is -2.71. The monoisotopic (exact) mass is 436 g/mol. The third kappa shape index (κ3) is 4.88. The molecule has 0 unspecified atom stereocenters. The minimum absolute atomic E-state index is 0. The van der Waals surface area contributed by atoms with Crippen molar-refractivity contribution in [2.24, 2.45) is 7.05 Å². The van der Waals surface area contributed by atoms with Crippen LogP contribution < -0.4 is 15.6 Å². The number of fused-ring (bicyclic) bond motifs is 1. The molecule has 30 heavy (non-hydrogen) atoms. The number of halogens is 2. The van der Waals surface area contributed by atoms with E-state index in [-0.39, 0.29) is 43.5 Å². The van der Waals surface area contributed by atoms with E-state index in [1.54, 1.807) is 25.4 Å². The number of aliphatic hydroxyl groups is 1. The predicted molar refractivity (Wildman–Crippen MR) is 117 cm³/mol. The summed E-state index contributed by atoms with van der Waals surface area (Å²) in [5, 5.41) is 13.5. The number of aliphatic hydroxyl groups excluding tert-OH is 1. The van der Waals surface area contributed by atoms with E-state index in [0.717, 1.165) is 25.7 Å². The lowest BCUT2D eigenvalue weighted by molar-refractivity contribution is 0.126. The topological polar surface area (TPSA) is 89.3 Å². The fraction of sp³-hybridized carbons (Fsp3) is 0.381. The first-order chi connectivity index (χ1) is 13.5. The van der Waals surface area contributed by atoms with Gasteiger partial charge >= 0.3 is 0 Å². The number of hydrogen-bond acceptors (Lipinski definition) is 6. The number of aromatic nitrogens is 3. The molecule has 1 aliphatic carbocycles. The van der Waals surface area contributed by atoms with Gasteiger partial charge in [-0.3, -0.25) is 9.36 Å². The van der Waals surface area contributed by atoms with Gasteiger partial charge in [-0.15, -0.1) is 12.4 Å². The normalized spacial score (nSPS) is 18.2. The number of nitrogens with zero attached hydrogens (tertiary/aromatic N) is 3. The van der Waals surface area contributed by atoms with Gasteiger partial charge in [-0.05, 0) is 43.9 Å².